The molecule has 0 radical (unpaired) electrons. The molecule has 27 heavy (non-hydrogen) atoms. The quantitative estimate of drug-likeness (QED) is 0.484. The molecule has 0 N–H and O–H groups in total. The van der Waals surface area contributed by atoms with Crippen LogP contribution >= 0.6 is 0 Å². The Hall–Kier alpha value is -3.54. The number of ether oxygens (including phenoxy) is 2. The van der Waals surface area contributed by atoms with Crippen LogP contribution in [0.4, 0.5) is 0 Å². The fraction of sp³-hybridized carbons (Fsp3) is 0.143. The van der Waals surface area contributed by atoms with Gasteiger partial charge in [-0.05, 0) is 36.4 Å². The van der Waals surface area contributed by atoms with E-state index in [1.807, 2.05) is 59.2 Å². The minimum atomic E-state index is -0.496. The Morgan fingerprint density at radius 1 is 1.04 bits per heavy atom. The van der Waals surface area contributed by atoms with Crippen molar-refractivity contribution in [2.24, 2.45) is 0 Å². The number of hydrogen-bond donors (Lipinski definition) is 0. The first-order valence-corrected chi connectivity index (χ1v) is 8.53. The van der Waals surface area contributed by atoms with Gasteiger partial charge >= 0.3 is 5.97 Å². The van der Waals surface area contributed by atoms with E-state index in [0.717, 1.165) is 22.6 Å². The summed E-state index contributed by atoms with van der Waals surface area (Å²) >= 11 is 0. The molecule has 0 atom stereocenters. The average Bonchev–Trinajstić information content (AvgIpc) is 3.32. The van der Waals surface area contributed by atoms with Crippen molar-refractivity contribution in [2.75, 3.05) is 7.11 Å². The van der Waals surface area contributed by atoms with Crippen molar-refractivity contribution < 1.29 is 18.7 Å². The molecule has 4 rings (SSSR count). The first kappa shape index (κ1) is 16.9. The molecule has 0 unspecified atom stereocenters. The molecule has 0 aliphatic heterocycles. The Bertz CT molecular complexity index is 1070. The first-order valence-electron chi connectivity index (χ1n) is 8.53. The van der Waals surface area contributed by atoms with E-state index in [1.165, 1.54) is 7.11 Å². The molecule has 0 saturated carbocycles. The maximum atomic E-state index is 11.6. The average molecular weight is 362 g/mol. The zero-order valence-corrected chi connectivity index (χ0v) is 14.8. The number of fused-ring (bicyclic) bond motifs is 1. The highest BCUT2D eigenvalue weighted by Gasteiger charge is 2.15. The number of carbonyl (C=O) groups is 1. The third kappa shape index (κ3) is 3.55. The van der Waals surface area contributed by atoms with Crippen LogP contribution in [0.1, 0.15) is 22.1 Å². The van der Waals surface area contributed by atoms with E-state index in [1.54, 1.807) is 12.1 Å². The predicted octanol–water partition coefficient (Wildman–Crippen LogP) is 4.04. The Labute approximate surface area is 156 Å². The monoisotopic (exact) mass is 362 g/mol. The van der Waals surface area contributed by atoms with Gasteiger partial charge < -0.3 is 18.5 Å². The number of hydrogen-bond acceptors (Lipinski definition) is 5. The molecular formula is C21H18N2O4. The zero-order valence-electron chi connectivity index (χ0n) is 14.8. The highest BCUT2D eigenvalue weighted by atomic mass is 16.5. The second kappa shape index (κ2) is 7.37. The molecule has 6 heteroatoms. The topological polar surface area (TPSA) is 66.5 Å². The molecule has 0 bridgehead atoms. The zero-order chi connectivity index (χ0) is 18.6. The maximum Gasteiger partial charge on any atom is 0.373 e. The highest BCUT2D eigenvalue weighted by Crippen LogP contribution is 2.21. The fourth-order valence-corrected chi connectivity index (χ4v) is 2.91. The van der Waals surface area contributed by atoms with E-state index in [9.17, 15) is 4.79 Å². The summed E-state index contributed by atoms with van der Waals surface area (Å²) in [6.45, 7) is 0.758. The summed E-state index contributed by atoms with van der Waals surface area (Å²) in [6.07, 6.45) is 0. The second-order valence-corrected chi connectivity index (χ2v) is 5.96. The van der Waals surface area contributed by atoms with E-state index < -0.39 is 5.97 Å². The minimum Gasteiger partial charge on any atom is -0.486 e. The molecule has 2 aromatic carbocycles. The Kier molecular flexibility index (Phi) is 4.61. The number of para-hydroxylation sites is 3. The van der Waals surface area contributed by atoms with Crippen LogP contribution in [0.25, 0.3) is 11.0 Å². The first-order chi connectivity index (χ1) is 13.2. The number of rotatable bonds is 6. The molecule has 6 nitrogen and oxygen atoms in total. The molecule has 0 fully saturated rings. The third-order valence-electron chi connectivity index (χ3n) is 4.21. The predicted molar refractivity (Wildman–Crippen MR) is 99.7 cm³/mol. The lowest BCUT2D eigenvalue weighted by Gasteiger charge is -2.09. The number of esters is 1. The van der Waals surface area contributed by atoms with Gasteiger partial charge in [0.1, 0.15) is 23.9 Å². The van der Waals surface area contributed by atoms with E-state index in [4.69, 9.17) is 13.9 Å². The SMILES string of the molecule is COC(=O)c1ccc(Cn2c(COc3ccccc3)nc3ccccc32)o1. The van der Waals surface area contributed by atoms with Gasteiger partial charge in [-0.25, -0.2) is 9.78 Å². The second-order valence-electron chi connectivity index (χ2n) is 5.96. The van der Waals surface area contributed by atoms with Crippen molar-refractivity contribution in [3.05, 3.63) is 84.1 Å². The normalized spacial score (nSPS) is 10.9. The number of imidazole rings is 1. The molecule has 136 valence electrons. The van der Waals surface area contributed by atoms with Crippen molar-refractivity contribution >= 4 is 17.0 Å². The molecular weight excluding hydrogens is 344 g/mol. The summed E-state index contributed by atoms with van der Waals surface area (Å²) in [5.74, 6) is 1.88. The Morgan fingerprint density at radius 2 is 1.81 bits per heavy atom. The number of methoxy groups -OCH3 is 1. The van der Waals surface area contributed by atoms with Crippen LogP contribution in [0.5, 0.6) is 5.75 Å². The van der Waals surface area contributed by atoms with Crippen LogP contribution < -0.4 is 4.74 Å². The lowest BCUT2D eigenvalue weighted by Crippen LogP contribution is -2.08. The van der Waals surface area contributed by atoms with Gasteiger partial charge in [0.15, 0.2) is 0 Å². The fourth-order valence-electron chi connectivity index (χ4n) is 2.91. The van der Waals surface area contributed by atoms with Gasteiger partial charge in [0, 0.05) is 0 Å². The Morgan fingerprint density at radius 3 is 2.63 bits per heavy atom. The largest absolute Gasteiger partial charge is 0.486 e. The van der Waals surface area contributed by atoms with Gasteiger partial charge in [0.2, 0.25) is 5.76 Å². The van der Waals surface area contributed by atoms with Gasteiger partial charge in [-0.3, -0.25) is 0 Å². The van der Waals surface area contributed by atoms with E-state index in [0.29, 0.717) is 18.9 Å². The van der Waals surface area contributed by atoms with E-state index in [2.05, 4.69) is 4.98 Å². The number of benzene rings is 2. The molecule has 0 aliphatic rings. The van der Waals surface area contributed by atoms with Gasteiger partial charge in [-0.2, -0.15) is 0 Å². The smallest absolute Gasteiger partial charge is 0.373 e. The molecule has 0 saturated heterocycles. The lowest BCUT2D eigenvalue weighted by molar-refractivity contribution is 0.0563. The van der Waals surface area contributed by atoms with Crippen LogP contribution in [-0.2, 0) is 17.9 Å². The molecule has 2 aromatic heterocycles. The maximum absolute atomic E-state index is 11.6. The minimum absolute atomic E-state index is 0.180. The standard InChI is InChI=1S/C21H18N2O4/c1-25-21(24)19-12-11-16(27-19)13-23-18-10-6-5-9-17(18)22-20(23)14-26-15-7-3-2-4-8-15/h2-12H,13-14H2,1H3. The molecule has 2 heterocycles. The molecule has 0 spiro atoms. The van der Waals surface area contributed by atoms with Gasteiger partial charge in [0.05, 0.1) is 24.7 Å². The molecule has 4 aromatic rings. The summed E-state index contributed by atoms with van der Waals surface area (Å²) in [4.78, 5) is 16.3. The van der Waals surface area contributed by atoms with Crippen molar-refractivity contribution in [3.8, 4) is 5.75 Å². The van der Waals surface area contributed by atoms with Crippen LogP contribution in [0.15, 0.2) is 71.1 Å². The number of carbonyl (C=O) groups excluding carboxylic acids is 1. The molecule has 0 amide bonds. The van der Waals surface area contributed by atoms with Crippen molar-refractivity contribution in [3.63, 3.8) is 0 Å². The number of nitrogens with zero attached hydrogens (tertiary/aromatic N) is 2. The summed E-state index contributed by atoms with van der Waals surface area (Å²) in [5.41, 5.74) is 1.85. The van der Waals surface area contributed by atoms with Crippen LogP contribution in [0.3, 0.4) is 0 Å². The number of aromatic nitrogens is 2. The van der Waals surface area contributed by atoms with Crippen molar-refractivity contribution in [1.29, 1.82) is 0 Å². The summed E-state index contributed by atoms with van der Waals surface area (Å²) in [5, 5.41) is 0. The van der Waals surface area contributed by atoms with Gasteiger partial charge in [-0.1, -0.05) is 30.3 Å². The van der Waals surface area contributed by atoms with Crippen molar-refractivity contribution in [1.82, 2.24) is 9.55 Å². The number of furan rings is 1. The van der Waals surface area contributed by atoms with Crippen molar-refractivity contribution in [2.45, 2.75) is 13.2 Å². The lowest BCUT2D eigenvalue weighted by atomic mass is 10.3. The molecule has 0 aliphatic carbocycles. The third-order valence-corrected chi connectivity index (χ3v) is 4.21. The van der Waals surface area contributed by atoms with Crippen LogP contribution in [0, 0.1) is 0 Å². The van der Waals surface area contributed by atoms with Crippen LogP contribution in [-0.4, -0.2) is 22.6 Å². The van der Waals surface area contributed by atoms with Gasteiger partial charge in [-0.15, -0.1) is 0 Å². The van der Waals surface area contributed by atoms with Gasteiger partial charge in [0.25, 0.3) is 0 Å². The van der Waals surface area contributed by atoms with E-state index in [-0.39, 0.29) is 5.76 Å². The van der Waals surface area contributed by atoms with E-state index >= 15 is 0 Å². The summed E-state index contributed by atoms with van der Waals surface area (Å²) < 4.78 is 18.2. The Balaban J connectivity index is 1.63. The van der Waals surface area contributed by atoms with Crippen LogP contribution in [0.2, 0.25) is 0 Å². The summed E-state index contributed by atoms with van der Waals surface area (Å²) in [7, 11) is 1.33. The highest BCUT2D eigenvalue weighted by molar-refractivity contribution is 5.86. The summed E-state index contributed by atoms with van der Waals surface area (Å²) in [6, 6.07) is 20.9.